The highest BCUT2D eigenvalue weighted by atomic mass is 16.2. The average Bonchev–Trinajstić information content (AvgIpc) is 3.47. The molecule has 0 aromatic heterocycles. The Balaban J connectivity index is 1.29. The van der Waals surface area contributed by atoms with E-state index in [-0.39, 0.29) is 23.6 Å². The number of carbonyl (C=O) groups is 3. The van der Waals surface area contributed by atoms with Gasteiger partial charge in [0.05, 0.1) is 0 Å². The Kier molecular flexibility index (Phi) is 5.88. The number of nitrogens with zero attached hydrogens (tertiary/aromatic N) is 2. The van der Waals surface area contributed by atoms with Crippen LogP contribution >= 0.6 is 0 Å². The summed E-state index contributed by atoms with van der Waals surface area (Å²) in [6, 6.07) is 7.26. The van der Waals surface area contributed by atoms with E-state index in [4.69, 9.17) is 0 Å². The second-order valence-corrected chi connectivity index (χ2v) is 8.92. The Hall–Kier alpha value is -2.37. The summed E-state index contributed by atoms with van der Waals surface area (Å²) >= 11 is 0. The lowest BCUT2D eigenvalue weighted by Crippen LogP contribution is -2.44. The van der Waals surface area contributed by atoms with Gasteiger partial charge in [-0.25, -0.2) is 0 Å². The Morgan fingerprint density at radius 1 is 1.14 bits per heavy atom. The van der Waals surface area contributed by atoms with Gasteiger partial charge < -0.3 is 15.1 Å². The number of benzene rings is 1. The van der Waals surface area contributed by atoms with Crippen LogP contribution in [-0.2, 0) is 9.59 Å². The van der Waals surface area contributed by atoms with E-state index < -0.39 is 0 Å². The number of nitrogens with one attached hydrogen (secondary N) is 1. The minimum Gasteiger partial charge on any atom is -0.342 e. The van der Waals surface area contributed by atoms with Crippen molar-refractivity contribution in [2.45, 2.75) is 45.4 Å². The molecule has 1 saturated carbocycles. The fourth-order valence-corrected chi connectivity index (χ4v) is 4.52. The third-order valence-corrected chi connectivity index (χ3v) is 6.63. The molecule has 1 aromatic rings. The fourth-order valence-electron chi connectivity index (χ4n) is 4.52. The molecule has 2 aliphatic heterocycles. The van der Waals surface area contributed by atoms with Crippen LogP contribution in [-0.4, -0.2) is 53.7 Å². The largest absolute Gasteiger partial charge is 0.342 e. The monoisotopic (exact) mass is 397 g/mol. The molecule has 2 unspecified atom stereocenters. The third-order valence-electron chi connectivity index (χ3n) is 6.63. The van der Waals surface area contributed by atoms with Gasteiger partial charge in [-0.15, -0.1) is 0 Å². The van der Waals surface area contributed by atoms with Crippen LogP contribution in [0.2, 0.25) is 0 Å². The van der Waals surface area contributed by atoms with Gasteiger partial charge >= 0.3 is 0 Å². The highest BCUT2D eigenvalue weighted by Crippen LogP contribution is 2.38. The van der Waals surface area contributed by atoms with E-state index in [1.807, 2.05) is 28.0 Å². The Morgan fingerprint density at radius 3 is 2.59 bits per heavy atom. The van der Waals surface area contributed by atoms with E-state index in [1.165, 1.54) is 0 Å². The first kappa shape index (κ1) is 19.9. The van der Waals surface area contributed by atoms with Crippen LogP contribution in [0.3, 0.4) is 0 Å². The molecular formula is C23H31N3O3. The maximum atomic E-state index is 12.9. The van der Waals surface area contributed by atoms with Gasteiger partial charge in [0.25, 0.3) is 5.91 Å². The first-order valence-corrected chi connectivity index (χ1v) is 11.0. The van der Waals surface area contributed by atoms with Crippen LogP contribution in [0.4, 0.5) is 5.69 Å². The lowest BCUT2D eigenvalue weighted by atomic mass is 9.94. The zero-order valence-corrected chi connectivity index (χ0v) is 17.2. The Bertz CT molecular complexity index is 785. The zero-order chi connectivity index (χ0) is 20.4. The summed E-state index contributed by atoms with van der Waals surface area (Å²) in [6.07, 6.45) is 5.63. The van der Waals surface area contributed by atoms with Crippen LogP contribution in [0.5, 0.6) is 0 Å². The number of rotatable bonds is 5. The molecule has 1 aliphatic carbocycles. The van der Waals surface area contributed by atoms with E-state index in [9.17, 15) is 14.4 Å². The number of hydrogen-bond donors (Lipinski definition) is 1. The van der Waals surface area contributed by atoms with Crippen LogP contribution in [0, 0.1) is 17.8 Å². The Morgan fingerprint density at radius 2 is 1.90 bits per heavy atom. The molecule has 3 aliphatic rings. The minimum absolute atomic E-state index is 0.0217. The Labute approximate surface area is 172 Å². The minimum atomic E-state index is 0.0217. The molecule has 1 N–H and O–H groups in total. The number of likely N-dealkylation sites (tertiary alicyclic amines) is 2. The number of piperidine rings is 2. The van der Waals surface area contributed by atoms with Gasteiger partial charge in [0, 0.05) is 49.8 Å². The fraction of sp³-hybridized carbons (Fsp3) is 0.609. The van der Waals surface area contributed by atoms with Crippen molar-refractivity contribution in [2.24, 2.45) is 17.8 Å². The molecule has 1 aromatic carbocycles. The molecule has 4 rings (SSSR count). The molecule has 156 valence electrons. The highest BCUT2D eigenvalue weighted by molar-refractivity contribution is 5.98. The van der Waals surface area contributed by atoms with E-state index >= 15 is 0 Å². The van der Waals surface area contributed by atoms with Gasteiger partial charge in [-0.3, -0.25) is 14.4 Å². The quantitative estimate of drug-likeness (QED) is 0.830. The van der Waals surface area contributed by atoms with E-state index in [1.54, 1.807) is 6.07 Å². The summed E-state index contributed by atoms with van der Waals surface area (Å²) in [5, 5.41) is 2.94. The molecule has 0 spiro atoms. The van der Waals surface area contributed by atoms with E-state index in [2.05, 4.69) is 12.2 Å². The van der Waals surface area contributed by atoms with Gasteiger partial charge in [0.2, 0.25) is 11.8 Å². The number of hydrogen-bond acceptors (Lipinski definition) is 3. The van der Waals surface area contributed by atoms with Crippen LogP contribution in [0.25, 0.3) is 0 Å². The molecule has 2 heterocycles. The van der Waals surface area contributed by atoms with Gasteiger partial charge in [-0.05, 0) is 62.1 Å². The molecule has 29 heavy (non-hydrogen) atoms. The molecule has 6 heteroatoms. The summed E-state index contributed by atoms with van der Waals surface area (Å²) in [6.45, 7) is 5.25. The second kappa shape index (κ2) is 8.56. The maximum Gasteiger partial charge on any atom is 0.253 e. The first-order chi connectivity index (χ1) is 14.0. The summed E-state index contributed by atoms with van der Waals surface area (Å²) < 4.78 is 0. The van der Waals surface area contributed by atoms with Crippen molar-refractivity contribution in [3.63, 3.8) is 0 Å². The van der Waals surface area contributed by atoms with Crippen LogP contribution in [0.1, 0.15) is 55.8 Å². The van der Waals surface area contributed by atoms with Crippen molar-refractivity contribution in [1.29, 1.82) is 0 Å². The smallest absolute Gasteiger partial charge is 0.253 e. The van der Waals surface area contributed by atoms with Crippen molar-refractivity contribution < 1.29 is 14.4 Å². The molecule has 3 fully saturated rings. The van der Waals surface area contributed by atoms with Gasteiger partial charge in [0.15, 0.2) is 0 Å². The predicted octanol–water partition coefficient (Wildman–Crippen LogP) is 3.15. The SMILES string of the molecule is CC1CC1C(=O)Nc1cccc(C(=O)N2CCC(CN3CCCCC3=O)CC2)c1. The van der Waals surface area contributed by atoms with Crippen LogP contribution < -0.4 is 5.32 Å². The summed E-state index contributed by atoms with van der Waals surface area (Å²) in [5.41, 5.74) is 1.31. The van der Waals surface area contributed by atoms with Crippen LogP contribution in [0.15, 0.2) is 24.3 Å². The second-order valence-electron chi connectivity index (χ2n) is 8.92. The summed E-state index contributed by atoms with van der Waals surface area (Å²) in [5.74, 6) is 1.41. The third kappa shape index (κ3) is 4.80. The normalized spacial score (nSPS) is 25.1. The summed E-state index contributed by atoms with van der Waals surface area (Å²) in [4.78, 5) is 41.0. The average molecular weight is 398 g/mol. The topological polar surface area (TPSA) is 69.7 Å². The molecule has 2 atom stereocenters. The molecular weight excluding hydrogens is 366 g/mol. The predicted molar refractivity (Wildman–Crippen MR) is 111 cm³/mol. The van der Waals surface area contributed by atoms with Gasteiger partial charge in [-0.2, -0.15) is 0 Å². The lowest BCUT2D eigenvalue weighted by Gasteiger charge is -2.36. The van der Waals surface area contributed by atoms with Crippen molar-refractivity contribution in [3.05, 3.63) is 29.8 Å². The first-order valence-electron chi connectivity index (χ1n) is 11.0. The summed E-state index contributed by atoms with van der Waals surface area (Å²) in [7, 11) is 0. The number of amides is 3. The van der Waals surface area contributed by atoms with Crippen molar-refractivity contribution >= 4 is 23.4 Å². The van der Waals surface area contributed by atoms with Crippen molar-refractivity contribution in [2.75, 3.05) is 31.5 Å². The lowest BCUT2D eigenvalue weighted by molar-refractivity contribution is -0.134. The highest BCUT2D eigenvalue weighted by Gasteiger charge is 2.39. The molecule has 2 saturated heterocycles. The molecule has 6 nitrogen and oxygen atoms in total. The number of anilines is 1. The molecule has 3 amide bonds. The van der Waals surface area contributed by atoms with Crippen molar-refractivity contribution in [1.82, 2.24) is 9.80 Å². The van der Waals surface area contributed by atoms with Gasteiger partial charge in [0.1, 0.15) is 0 Å². The number of carbonyl (C=O) groups excluding carboxylic acids is 3. The van der Waals surface area contributed by atoms with E-state index in [0.29, 0.717) is 29.5 Å². The zero-order valence-electron chi connectivity index (χ0n) is 17.2. The molecule has 0 bridgehead atoms. The standard InChI is InChI=1S/C23H31N3O3/c1-16-13-20(16)22(28)24-19-6-4-5-18(14-19)23(29)25-11-8-17(9-12-25)15-26-10-3-2-7-21(26)27/h4-6,14,16-17,20H,2-3,7-13,15H2,1H3,(H,24,28). The van der Waals surface area contributed by atoms with Gasteiger partial charge in [-0.1, -0.05) is 13.0 Å². The van der Waals surface area contributed by atoms with Crippen molar-refractivity contribution in [3.8, 4) is 0 Å². The van der Waals surface area contributed by atoms with E-state index in [0.717, 1.165) is 58.3 Å². The molecule has 0 radical (unpaired) electrons. The maximum absolute atomic E-state index is 12.9.